The Bertz CT molecular complexity index is 555. The number of ether oxygens (including phenoxy) is 1. The molecule has 0 radical (unpaired) electrons. The largest absolute Gasteiger partial charge is 0.480 e. The van der Waals surface area contributed by atoms with Crippen molar-refractivity contribution < 1.29 is 13.5 Å². The maximum atomic E-state index is 13.7. The maximum Gasteiger partial charge on any atom is 0.237 e. The summed E-state index contributed by atoms with van der Waals surface area (Å²) in [5.74, 6) is -0.781. The molecule has 0 aliphatic carbocycles. The molecule has 100 valence electrons. The summed E-state index contributed by atoms with van der Waals surface area (Å²) >= 11 is 0. The van der Waals surface area contributed by atoms with Crippen LogP contribution in [-0.2, 0) is 0 Å². The highest BCUT2D eigenvalue weighted by atomic mass is 19.1. The average Bonchev–Trinajstić information content (AvgIpc) is 2.39. The minimum Gasteiger partial charge on any atom is -0.480 e. The fourth-order valence-electron chi connectivity index (χ4n) is 1.89. The number of nitrogens with zero attached hydrogens (tertiary/aromatic N) is 1. The molecule has 0 fully saturated rings. The van der Waals surface area contributed by atoms with Crippen LogP contribution in [0.4, 0.5) is 14.5 Å². The number of aromatic nitrogens is 1. The molecule has 1 aromatic heterocycles. The number of nitrogens with one attached hydrogen (secondary N) is 1. The summed E-state index contributed by atoms with van der Waals surface area (Å²) in [6.45, 7) is 1.67. The number of pyridine rings is 1. The predicted molar refractivity (Wildman–Crippen MR) is 69.2 cm³/mol. The second-order valence-corrected chi connectivity index (χ2v) is 4.06. The third-order valence-corrected chi connectivity index (χ3v) is 2.77. The van der Waals surface area contributed by atoms with Gasteiger partial charge in [0.2, 0.25) is 5.88 Å². The van der Waals surface area contributed by atoms with Crippen LogP contribution in [0.3, 0.4) is 0 Å². The summed E-state index contributed by atoms with van der Waals surface area (Å²) in [6.07, 6.45) is 1.58. The molecular formula is C14H14F2N2O. The first-order valence-corrected chi connectivity index (χ1v) is 5.83. The Morgan fingerprint density at radius 3 is 2.47 bits per heavy atom. The molecule has 0 amide bonds. The standard InChI is InChI=1S/C14H14F2N2O/c1-9(13-10(15)5-3-6-11(13)16)18-12-7-4-8-17-14(12)19-2/h3-9,18H,1-2H3. The van der Waals surface area contributed by atoms with Crippen molar-refractivity contribution in [2.45, 2.75) is 13.0 Å². The third-order valence-electron chi connectivity index (χ3n) is 2.77. The predicted octanol–water partition coefficient (Wildman–Crippen LogP) is 3.54. The summed E-state index contributed by atoms with van der Waals surface area (Å²) in [5.41, 5.74) is 0.577. The van der Waals surface area contributed by atoms with Gasteiger partial charge in [0, 0.05) is 11.8 Å². The molecule has 2 aromatic rings. The van der Waals surface area contributed by atoms with Crippen LogP contribution < -0.4 is 10.1 Å². The molecule has 1 unspecified atom stereocenters. The lowest BCUT2D eigenvalue weighted by molar-refractivity contribution is 0.399. The van der Waals surface area contributed by atoms with Gasteiger partial charge in [0.25, 0.3) is 0 Å². The van der Waals surface area contributed by atoms with Crippen LogP contribution in [0.5, 0.6) is 5.88 Å². The van der Waals surface area contributed by atoms with E-state index in [0.29, 0.717) is 11.6 Å². The van der Waals surface area contributed by atoms with Crippen molar-refractivity contribution >= 4 is 5.69 Å². The lowest BCUT2D eigenvalue weighted by atomic mass is 10.1. The Kier molecular flexibility index (Phi) is 3.94. The Balaban J connectivity index is 2.28. The summed E-state index contributed by atoms with van der Waals surface area (Å²) in [7, 11) is 1.49. The smallest absolute Gasteiger partial charge is 0.237 e. The van der Waals surface area contributed by atoms with Gasteiger partial charge in [0.15, 0.2) is 0 Å². The zero-order chi connectivity index (χ0) is 13.8. The highest BCUT2D eigenvalue weighted by molar-refractivity contribution is 5.53. The van der Waals surface area contributed by atoms with E-state index in [1.807, 2.05) is 0 Å². The average molecular weight is 264 g/mol. The molecule has 2 rings (SSSR count). The first-order valence-electron chi connectivity index (χ1n) is 5.83. The number of methoxy groups -OCH3 is 1. The summed E-state index contributed by atoms with van der Waals surface area (Å²) < 4.78 is 32.4. The van der Waals surface area contributed by atoms with Crippen molar-refractivity contribution in [1.29, 1.82) is 0 Å². The molecule has 1 atom stereocenters. The third kappa shape index (κ3) is 2.81. The topological polar surface area (TPSA) is 34.1 Å². The van der Waals surface area contributed by atoms with Crippen molar-refractivity contribution in [3.8, 4) is 5.88 Å². The summed E-state index contributed by atoms with van der Waals surface area (Å²) in [6, 6.07) is 6.72. The van der Waals surface area contributed by atoms with E-state index < -0.39 is 17.7 Å². The van der Waals surface area contributed by atoms with Gasteiger partial charge in [-0.1, -0.05) is 6.07 Å². The quantitative estimate of drug-likeness (QED) is 0.917. The van der Waals surface area contributed by atoms with Crippen molar-refractivity contribution in [2.24, 2.45) is 0 Å². The molecule has 1 aromatic carbocycles. The molecular weight excluding hydrogens is 250 g/mol. The summed E-state index contributed by atoms with van der Waals surface area (Å²) in [5, 5.41) is 2.99. The molecule has 0 saturated carbocycles. The van der Waals surface area contributed by atoms with E-state index in [1.165, 1.54) is 25.3 Å². The zero-order valence-electron chi connectivity index (χ0n) is 10.7. The molecule has 3 nitrogen and oxygen atoms in total. The van der Waals surface area contributed by atoms with E-state index in [1.54, 1.807) is 25.3 Å². The number of rotatable bonds is 4. The van der Waals surface area contributed by atoms with Crippen molar-refractivity contribution in [3.63, 3.8) is 0 Å². The van der Waals surface area contributed by atoms with E-state index in [2.05, 4.69) is 10.3 Å². The molecule has 1 N–H and O–H groups in total. The lowest BCUT2D eigenvalue weighted by Crippen LogP contribution is -2.11. The lowest BCUT2D eigenvalue weighted by Gasteiger charge is -2.18. The Labute approximate surface area is 110 Å². The van der Waals surface area contributed by atoms with E-state index >= 15 is 0 Å². The monoisotopic (exact) mass is 264 g/mol. The van der Waals surface area contributed by atoms with Crippen LogP contribution in [0.1, 0.15) is 18.5 Å². The summed E-state index contributed by atoms with van der Waals surface area (Å²) in [4.78, 5) is 4.02. The van der Waals surface area contributed by atoms with Gasteiger partial charge in [0.05, 0.1) is 18.8 Å². The Morgan fingerprint density at radius 2 is 1.84 bits per heavy atom. The molecule has 0 spiro atoms. The SMILES string of the molecule is COc1ncccc1NC(C)c1c(F)cccc1F. The highest BCUT2D eigenvalue weighted by Gasteiger charge is 2.17. The number of anilines is 1. The van der Waals surface area contributed by atoms with E-state index in [-0.39, 0.29) is 5.56 Å². The van der Waals surface area contributed by atoms with Crippen LogP contribution in [0.25, 0.3) is 0 Å². The Morgan fingerprint density at radius 1 is 1.16 bits per heavy atom. The van der Waals surface area contributed by atoms with Gasteiger partial charge < -0.3 is 10.1 Å². The number of benzene rings is 1. The van der Waals surface area contributed by atoms with Gasteiger partial charge in [-0.3, -0.25) is 0 Å². The number of hydrogen-bond acceptors (Lipinski definition) is 3. The second-order valence-electron chi connectivity index (χ2n) is 4.06. The van der Waals surface area contributed by atoms with Gasteiger partial charge >= 0.3 is 0 Å². The minimum atomic E-state index is -0.581. The highest BCUT2D eigenvalue weighted by Crippen LogP contribution is 2.28. The van der Waals surface area contributed by atoms with Crippen LogP contribution in [0.15, 0.2) is 36.5 Å². The van der Waals surface area contributed by atoms with Crippen LogP contribution in [0, 0.1) is 11.6 Å². The van der Waals surface area contributed by atoms with E-state index in [9.17, 15) is 8.78 Å². The van der Waals surface area contributed by atoms with Gasteiger partial charge in [-0.25, -0.2) is 13.8 Å². The molecule has 0 aliphatic heterocycles. The molecule has 19 heavy (non-hydrogen) atoms. The second kappa shape index (κ2) is 5.65. The normalized spacial score (nSPS) is 12.0. The van der Waals surface area contributed by atoms with Gasteiger partial charge in [-0.05, 0) is 31.2 Å². The van der Waals surface area contributed by atoms with Gasteiger partial charge in [-0.15, -0.1) is 0 Å². The molecule has 0 aliphatic rings. The molecule has 0 bridgehead atoms. The van der Waals surface area contributed by atoms with Crippen molar-refractivity contribution in [3.05, 3.63) is 53.7 Å². The fourth-order valence-corrected chi connectivity index (χ4v) is 1.89. The Hall–Kier alpha value is -2.17. The number of halogens is 2. The van der Waals surface area contributed by atoms with E-state index in [0.717, 1.165) is 0 Å². The first kappa shape index (κ1) is 13.3. The van der Waals surface area contributed by atoms with Gasteiger partial charge in [-0.2, -0.15) is 0 Å². The van der Waals surface area contributed by atoms with Crippen LogP contribution >= 0.6 is 0 Å². The van der Waals surface area contributed by atoms with Crippen LogP contribution in [0.2, 0.25) is 0 Å². The molecule has 5 heteroatoms. The fraction of sp³-hybridized carbons (Fsp3) is 0.214. The van der Waals surface area contributed by atoms with Crippen LogP contribution in [-0.4, -0.2) is 12.1 Å². The number of hydrogen-bond donors (Lipinski definition) is 1. The van der Waals surface area contributed by atoms with E-state index in [4.69, 9.17) is 4.74 Å². The maximum absolute atomic E-state index is 13.7. The minimum absolute atomic E-state index is 0.00611. The van der Waals surface area contributed by atoms with Crippen molar-refractivity contribution in [2.75, 3.05) is 12.4 Å². The zero-order valence-corrected chi connectivity index (χ0v) is 10.7. The van der Waals surface area contributed by atoms with Crippen molar-refractivity contribution in [1.82, 2.24) is 4.98 Å². The van der Waals surface area contributed by atoms with Gasteiger partial charge in [0.1, 0.15) is 11.6 Å². The first-order chi connectivity index (χ1) is 9.13. The molecule has 0 saturated heterocycles. The molecule has 1 heterocycles.